The second-order valence-corrected chi connectivity index (χ2v) is 11.6. The zero-order valence-electron chi connectivity index (χ0n) is 20.4. The lowest BCUT2D eigenvalue weighted by atomic mass is 10.0. The van der Waals surface area contributed by atoms with Crippen LogP contribution in [0.1, 0.15) is 35.1 Å². The van der Waals surface area contributed by atoms with Crippen LogP contribution in [0, 0.1) is 23.0 Å². The smallest absolute Gasteiger partial charge is 0.265 e. The van der Waals surface area contributed by atoms with Crippen molar-refractivity contribution in [2.45, 2.75) is 30.7 Å². The van der Waals surface area contributed by atoms with E-state index in [4.69, 9.17) is 14.4 Å². The summed E-state index contributed by atoms with van der Waals surface area (Å²) in [5, 5.41) is 11.9. The molecule has 8 nitrogen and oxygen atoms in total. The van der Waals surface area contributed by atoms with Crippen molar-refractivity contribution in [3.63, 3.8) is 0 Å². The van der Waals surface area contributed by atoms with Gasteiger partial charge in [-0.3, -0.25) is 10.1 Å². The predicted octanol–water partition coefficient (Wildman–Crippen LogP) is 4.83. The molecule has 0 saturated carbocycles. The Kier molecular flexibility index (Phi) is 5.89. The molecule has 0 radical (unpaired) electrons. The number of ether oxygens (including phenoxy) is 1. The van der Waals surface area contributed by atoms with Crippen LogP contribution in [0.25, 0.3) is 11.0 Å². The number of furan rings is 1. The molecule has 6 rings (SSSR count). The van der Waals surface area contributed by atoms with Crippen molar-refractivity contribution in [1.29, 1.82) is 5.26 Å². The summed E-state index contributed by atoms with van der Waals surface area (Å²) in [6.07, 6.45) is 0.787. The summed E-state index contributed by atoms with van der Waals surface area (Å²) in [6, 6.07) is 16.9. The van der Waals surface area contributed by atoms with Crippen molar-refractivity contribution >= 4 is 32.8 Å². The number of fused-ring (bicyclic) bond motifs is 2. The fourth-order valence-corrected chi connectivity index (χ4v) is 7.32. The van der Waals surface area contributed by atoms with Crippen LogP contribution >= 0.6 is 0 Å². The summed E-state index contributed by atoms with van der Waals surface area (Å²) in [6.45, 7) is 0.422. The van der Waals surface area contributed by atoms with E-state index >= 15 is 0 Å². The average Bonchev–Trinajstić information content (AvgIpc) is 3.26. The summed E-state index contributed by atoms with van der Waals surface area (Å²) >= 11 is 0. The van der Waals surface area contributed by atoms with E-state index in [1.807, 2.05) is 6.07 Å². The molecule has 11 heteroatoms. The summed E-state index contributed by atoms with van der Waals surface area (Å²) in [5.41, 5.74) is 2.43. The number of carbonyl (C=O) groups is 1. The number of nitrogens with one attached hydrogen (secondary N) is 1. The monoisotopic (exact) mass is 549 g/mol. The summed E-state index contributed by atoms with van der Waals surface area (Å²) in [4.78, 5) is 11.5. The molecule has 0 spiro atoms. The van der Waals surface area contributed by atoms with Crippen LogP contribution in [0.5, 0.6) is 5.75 Å². The number of benzene rings is 3. The molecule has 0 aliphatic carbocycles. The number of halogens is 2. The molecule has 2 aliphatic rings. The molecule has 2 aliphatic heterocycles. The lowest BCUT2D eigenvalue weighted by Crippen LogP contribution is -2.33. The zero-order valence-corrected chi connectivity index (χ0v) is 21.2. The molecule has 198 valence electrons. The molecule has 1 N–H and O–H groups in total. The van der Waals surface area contributed by atoms with Gasteiger partial charge in [0.2, 0.25) is 20.8 Å². The Morgan fingerprint density at radius 3 is 2.59 bits per heavy atom. The maximum absolute atomic E-state index is 14.6. The lowest BCUT2D eigenvalue weighted by Gasteiger charge is -2.11. The van der Waals surface area contributed by atoms with Crippen LogP contribution in [0.3, 0.4) is 0 Å². The third kappa shape index (κ3) is 4.22. The van der Waals surface area contributed by atoms with E-state index in [0.717, 1.165) is 5.56 Å². The van der Waals surface area contributed by atoms with E-state index in [1.165, 1.54) is 34.6 Å². The molecule has 1 aromatic heterocycles. The molecule has 2 saturated heterocycles. The number of hydrogen-bond donors (Lipinski definition) is 1. The van der Waals surface area contributed by atoms with E-state index in [0.29, 0.717) is 28.5 Å². The van der Waals surface area contributed by atoms with Gasteiger partial charge in [-0.1, -0.05) is 12.1 Å². The van der Waals surface area contributed by atoms with Gasteiger partial charge in [-0.2, -0.15) is 9.57 Å². The van der Waals surface area contributed by atoms with Crippen molar-refractivity contribution < 1.29 is 31.1 Å². The molecule has 4 aromatic rings. The van der Waals surface area contributed by atoms with E-state index in [-0.39, 0.29) is 43.2 Å². The number of nitrogens with zero attached hydrogens (tertiary/aromatic N) is 2. The van der Waals surface area contributed by atoms with Crippen LogP contribution < -0.4 is 10.1 Å². The van der Waals surface area contributed by atoms with Gasteiger partial charge in [-0.25, -0.2) is 17.2 Å². The van der Waals surface area contributed by atoms with Crippen LogP contribution in [0.2, 0.25) is 0 Å². The van der Waals surface area contributed by atoms with Gasteiger partial charge in [0.05, 0.1) is 11.6 Å². The van der Waals surface area contributed by atoms with Gasteiger partial charge >= 0.3 is 0 Å². The highest BCUT2D eigenvalue weighted by molar-refractivity contribution is 7.98. The first-order valence-electron chi connectivity index (χ1n) is 12.2. The van der Waals surface area contributed by atoms with Crippen LogP contribution in [-0.2, 0) is 27.8 Å². The van der Waals surface area contributed by atoms with Crippen molar-refractivity contribution in [3.05, 3.63) is 94.6 Å². The Bertz CT molecular complexity index is 1780. The maximum atomic E-state index is 14.6. The summed E-state index contributed by atoms with van der Waals surface area (Å²) in [5.74, 6) is -1.59. The van der Waals surface area contributed by atoms with Gasteiger partial charge in [0.1, 0.15) is 29.6 Å². The predicted molar refractivity (Wildman–Crippen MR) is 137 cm³/mol. The van der Waals surface area contributed by atoms with Gasteiger partial charge in [-0.05, 0) is 66.4 Å². The molecule has 0 bridgehead atoms. The number of nitriles is 1. The first kappa shape index (κ1) is 25.0. The third-order valence-corrected chi connectivity index (χ3v) is 9.46. The van der Waals surface area contributed by atoms with E-state index in [9.17, 15) is 22.0 Å². The molecular weight excluding hydrogens is 528 g/mol. The largest absolute Gasteiger partial charge is 0.489 e. The van der Waals surface area contributed by atoms with E-state index in [2.05, 4.69) is 5.32 Å². The first-order valence-corrected chi connectivity index (χ1v) is 13.6. The quantitative estimate of drug-likeness (QED) is 0.331. The highest BCUT2D eigenvalue weighted by Gasteiger charge is 2.77. The lowest BCUT2D eigenvalue weighted by molar-refractivity contribution is -0.118. The SMILES string of the molecule is N#Cc1ccc(COc2cc(F)cc(Cc3c(NC(=O)[C@@]45CCCN4S5(=O)=O)oc4ccc(F)cc34)c2)cc1. The Balaban J connectivity index is 1.29. The van der Waals surface area contributed by atoms with Crippen LogP contribution in [0.15, 0.2) is 65.1 Å². The van der Waals surface area contributed by atoms with Crippen LogP contribution in [-0.4, -0.2) is 30.0 Å². The Labute approximate surface area is 222 Å². The standard InChI is InChI=1S/C28H21F2N3O5S/c29-20-6-7-25-23(14-20)24(26(38-25)32-27(34)28-8-1-9-33(28)39(28,35)36)12-19-10-21(30)13-22(11-19)37-16-18-4-2-17(15-31)3-5-18/h2-7,10-11,13-14H,1,8-9,12,16H2,(H,32,34)/t28-,33?/m0/s1. The van der Waals surface area contributed by atoms with Gasteiger partial charge in [0.15, 0.2) is 0 Å². The van der Waals surface area contributed by atoms with Gasteiger partial charge in [0.25, 0.3) is 5.91 Å². The molecule has 1 unspecified atom stereocenters. The number of anilines is 1. The zero-order chi connectivity index (χ0) is 27.4. The van der Waals surface area contributed by atoms with E-state index < -0.39 is 32.4 Å². The molecule has 2 fully saturated rings. The molecule has 3 aromatic carbocycles. The second kappa shape index (κ2) is 9.18. The molecule has 1 amide bonds. The highest BCUT2D eigenvalue weighted by Crippen LogP contribution is 2.53. The van der Waals surface area contributed by atoms with E-state index in [1.54, 1.807) is 30.3 Å². The maximum Gasteiger partial charge on any atom is 0.265 e. The number of sulfonamides is 1. The fraction of sp³-hybridized carbons (Fsp3) is 0.214. The Hall–Kier alpha value is -4.27. The topological polar surface area (TPSA) is 112 Å². The molecular formula is C28H21F2N3O5S. The Morgan fingerprint density at radius 2 is 1.87 bits per heavy atom. The Morgan fingerprint density at radius 1 is 1.08 bits per heavy atom. The van der Waals surface area contributed by atoms with Crippen molar-refractivity contribution in [3.8, 4) is 11.8 Å². The fourth-order valence-electron chi connectivity index (χ4n) is 5.15. The number of amides is 1. The number of rotatable bonds is 7. The third-order valence-electron chi connectivity index (χ3n) is 7.10. The van der Waals surface area contributed by atoms with Crippen molar-refractivity contribution in [2.24, 2.45) is 0 Å². The normalized spacial score (nSPS) is 20.8. The first-order chi connectivity index (χ1) is 18.7. The van der Waals surface area contributed by atoms with Gasteiger partial charge < -0.3 is 9.15 Å². The minimum atomic E-state index is -3.70. The van der Waals surface area contributed by atoms with Gasteiger partial charge in [0, 0.05) is 30.0 Å². The number of carbonyl (C=O) groups excluding carboxylic acids is 1. The summed E-state index contributed by atoms with van der Waals surface area (Å²) < 4.78 is 66.3. The summed E-state index contributed by atoms with van der Waals surface area (Å²) in [7, 11) is -3.70. The molecule has 2 atom stereocenters. The minimum absolute atomic E-state index is 0.0202. The highest BCUT2D eigenvalue weighted by atomic mass is 32.2. The average molecular weight is 550 g/mol. The minimum Gasteiger partial charge on any atom is -0.489 e. The van der Waals surface area contributed by atoms with Crippen molar-refractivity contribution in [1.82, 2.24) is 4.31 Å². The second-order valence-electron chi connectivity index (χ2n) is 9.54. The number of hydrogen-bond acceptors (Lipinski definition) is 6. The molecule has 39 heavy (non-hydrogen) atoms. The van der Waals surface area contributed by atoms with Gasteiger partial charge in [-0.15, -0.1) is 0 Å². The molecule has 3 heterocycles. The van der Waals surface area contributed by atoms with Crippen LogP contribution in [0.4, 0.5) is 14.7 Å². The van der Waals surface area contributed by atoms with Crippen molar-refractivity contribution in [2.75, 3.05) is 11.9 Å².